The third kappa shape index (κ3) is 3.76. The smallest absolute Gasteiger partial charge is 0.321 e. The zero-order valence-corrected chi connectivity index (χ0v) is 14.5. The van der Waals surface area contributed by atoms with Crippen LogP contribution in [-0.4, -0.2) is 46.1 Å². The Morgan fingerprint density at radius 2 is 1.77 bits per heavy atom. The number of aromatic nitrogens is 2. The van der Waals surface area contributed by atoms with Gasteiger partial charge in [-0.1, -0.05) is 0 Å². The number of hydrogen-bond donors (Lipinski definition) is 1. The van der Waals surface area contributed by atoms with E-state index in [-0.39, 0.29) is 11.8 Å². The van der Waals surface area contributed by atoms with Crippen LogP contribution in [-0.2, 0) is 0 Å². The molecule has 1 saturated heterocycles. The molecule has 2 amide bonds. The fourth-order valence-electron chi connectivity index (χ4n) is 3.54. The van der Waals surface area contributed by atoms with Crippen LogP contribution < -0.4 is 10.2 Å². The first-order chi connectivity index (χ1) is 12.7. The van der Waals surface area contributed by atoms with Gasteiger partial charge in [-0.3, -0.25) is 0 Å². The minimum Gasteiger partial charge on any atom is -0.350 e. The Morgan fingerprint density at radius 3 is 2.38 bits per heavy atom. The number of carbonyl (C=O) groups is 1. The van der Waals surface area contributed by atoms with Gasteiger partial charge in [0.05, 0.1) is 0 Å². The molecule has 6 nitrogen and oxygen atoms in total. The van der Waals surface area contributed by atoms with Crippen LogP contribution in [0, 0.1) is 5.82 Å². The van der Waals surface area contributed by atoms with Crippen LogP contribution >= 0.6 is 0 Å². The maximum Gasteiger partial charge on any atom is 0.321 e. The summed E-state index contributed by atoms with van der Waals surface area (Å²) in [6.45, 7) is 1.40. The Bertz CT molecular complexity index is 742. The maximum atomic E-state index is 13.0. The highest BCUT2D eigenvalue weighted by atomic mass is 19.1. The summed E-state index contributed by atoms with van der Waals surface area (Å²) in [5, 5.41) is 2.84. The van der Waals surface area contributed by atoms with E-state index in [4.69, 9.17) is 0 Å². The molecule has 2 fully saturated rings. The van der Waals surface area contributed by atoms with E-state index in [0.29, 0.717) is 30.9 Å². The summed E-state index contributed by atoms with van der Waals surface area (Å²) in [5.74, 6) is 0.672. The van der Waals surface area contributed by atoms with E-state index in [0.717, 1.165) is 18.7 Å². The zero-order valence-electron chi connectivity index (χ0n) is 14.5. The van der Waals surface area contributed by atoms with Crippen molar-refractivity contribution in [2.24, 2.45) is 0 Å². The van der Waals surface area contributed by atoms with Gasteiger partial charge < -0.3 is 15.1 Å². The van der Waals surface area contributed by atoms with E-state index >= 15 is 0 Å². The molecule has 7 heteroatoms. The first-order valence-electron chi connectivity index (χ1n) is 9.06. The minimum absolute atomic E-state index is 0.130. The van der Waals surface area contributed by atoms with E-state index in [2.05, 4.69) is 20.2 Å². The summed E-state index contributed by atoms with van der Waals surface area (Å²) in [7, 11) is 0. The quantitative estimate of drug-likeness (QED) is 0.914. The molecule has 1 aliphatic carbocycles. The highest BCUT2D eigenvalue weighted by Crippen LogP contribution is 2.35. The molecule has 1 N–H and O–H groups in total. The third-order valence-corrected chi connectivity index (χ3v) is 5.01. The molecule has 2 aromatic rings. The average Bonchev–Trinajstić information content (AvgIpc) is 3.50. The highest BCUT2D eigenvalue weighted by molar-refractivity contribution is 5.89. The molecule has 4 rings (SSSR count). The Morgan fingerprint density at radius 1 is 1.08 bits per heavy atom. The first-order valence-corrected chi connectivity index (χ1v) is 9.06. The van der Waals surface area contributed by atoms with Gasteiger partial charge in [-0.05, 0) is 56.0 Å². The van der Waals surface area contributed by atoms with Crippen molar-refractivity contribution >= 4 is 17.5 Å². The van der Waals surface area contributed by atoms with E-state index in [9.17, 15) is 9.18 Å². The second-order valence-corrected chi connectivity index (χ2v) is 6.86. The van der Waals surface area contributed by atoms with Crippen molar-refractivity contribution in [1.29, 1.82) is 0 Å². The lowest BCUT2D eigenvalue weighted by molar-refractivity contribution is 0.193. The second kappa shape index (κ2) is 7.27. The van der Waals surface area contributed by atoms with Gasteiger partial charge in [-0.25, -0.2) is 19.2 Å². The molecule has 1 saturated carbocycles. The van der Waals surface area contributed by atoms with Crippen LogP contribution in [0.1, 0.15) is 25.7 Å². The number of rotatable bonds is 4. The number of anilines is 2. The van der Waals surface area contributed by atoms with Gasteiger partial charge >= 0.3 is 6.03 Å². The summed E-state index contributed by atoms with van der Waals surface area (Å²) in [4.78, 5) is 25.1. The monoisotopic (exact) mass is 355 g/mol. The lowest BCUT2D eigenvalue weighted by Crippen LogP contribution is -2.49. The van der Waals surface area contributed by atoms with Crippen molar-refractivity contribution < 1.29 is 9.18 Å². The molecule has 2 aliphatic rings. The molecule has 0 unspecified atom stereocenters. The zero-order chi connectivity index (χ0) is 17.9. The van der Waals surface area contributed by atoms with Crippen molar-refractivity contribution in [2.45, 2.75) is 37.8 Å². The number of likely N-dealkylation sites (tertiary alicyclic amines) is 1. The summed E-state index contributed by atoms with van der Waals surface area (Å²) in [6.07, 6.45) is 7.61. The van der Waals surface area contributed by atoms with Crippen LogP contribution in [0.2, 0.25) is 0 Å². The molecule has 0 bridgehead atoms. The maximum absolute atomic E-state index is 13.0. The predicted octanol–water partition coefficient (Wildman–Crippen LogP) is 3.28. The minimum atomic E-state index is -0.311. The van der Waals surface area contributed by atoms with Gasteiger partial charge in [-0.15, -0.1) is 0 Å². The number of halogens is 1. The van der Waals surface area contributed by atoms with Crippen molar-refractivity contribution in [3.63, 3.8) is 0 Å². The number of piperidine rings is 1. The van der Waals surface area contributed by atoms with Gasteiger partial charge in [0, 0.05) is 37.1 Å². The largest absolute Gasteiger partial charge is 0.350 e. The number of hydrogen-bond acceptors (Lipinski definition) is 4. The van der Waals surface area contributed by atoms with Crippen LogP contribution in [0.4, 0.5) is 20.7 Å². The number of nitrogens with one attached hydrogen (secondary N) is 1. The number of urea groups is 1. The summed E-state index contributed by atoms with van der Waals surface area (Å²) < 4.78 is 13.0. The van der Waals surface area contributed by atoms with Crippen LogP contribution in [0.25, 0.3) is 0 Å². The lowest BCUT2D eigenvalue weighted by atomic mass is 10.0. The van der Waals surface area contributed by atoms with Gasteiger partial charge in [0.2, 0.25) is 0 Å². The second-order valence-electron chi connectivity index (χ2n) is 6.86. The first kappa shape index (κ1) is 16.8. The topological polar surface area (TPSA) is 61.4 Å². The van der Waals surface area contributed by atoms with Crippen LogP contribution in [0.5, 0.6) is 0 Å². The van der Waals surface area contributed by atoms with E-state index < -0.39 is 0 Å². The van der Waals surface area contributed by atoms with Crippen molar-refractivity contribution in [2.75, 3.05) is 23.3 Å². The summed E-state index contributed by atoms with van der Waals surface area (Å²) in [5.41, 5.74) is 0.610. The summed E-state index contributed by atoms with van der Waals surface area (Å²) >= 11 is 0. The number of benzene rings is 1. The molecule has 1 aliphatic heterocycles. The Balaban J connectivity index is 1.36. The van der Waals surface area contributed by atoms with Gasteiger partial charge in [-0.2, -0.15) is 0 Å². The number of carbonyl (C=O) groups excluding carboxylic acids is 1. The fraction of sp³-hybridized carbons (Fsp3) is 0.421. The number of amides is 2. The standard InChI is InChI=1S/C19H22FN5O/c20-14-1-3-15(4-2-14)23-19(26)24-11-8-17(9-12-24)25(16-5-6-16)18-7-10-21-13-22-18/h1-4,7,10,13,16-17H,5-6,8-9,11-12H2,(H,23,26). The van der Waals surface area contributed by atoms with Crippen molar-refractivity contribution in [3.05, 3.63) is 48.7 Å². The average molecular weight is 355 g/mol. The molecule has 26 heavy (non-hydrogen) atoms. The normalized spacial score (nSPS) is 17.8. The Labute approximate surface area is 152 Å². The molecule has 1 aromatic carbocycles. The Kier molecular flexibility index (Phi) is 4.69. The molecule has 0 atom stereocenters. The SMILES string of the molecule is O=C(Nc1ccc(F)cc1)N1CCC(N(c2ccncn2)C2CC2)CC1. The molecule has 2 heterocycles. The van der Waals surface area contributed by atoms with Gasteiger partial charge in [0.1, 0.15) is 18.0 Å². The molecule has 1 aromatic heterocycles. The molecule has 0 spiro atoms. The highest BCUT2D eigenvalue weighted by Gasteiger charge is 2.37. The van der Waals surface area contributed by atoms with Gasteiger partial charge in [0.15, 0.2) is 0 Å². The number of nitrogens with zero attached hydrogens (tertiary/aromatic N) is 4. The Hall–Kier alpha value is -2.70. The molecule has 136 valence electrons. The van der Waals surface area contributed by atoms with E-state index in [1.54, 1.807) is 24.7 Å². The predicted molar refractivity (Wildman–Crippen MR) is 97.5 cm³/mol. The summed E-state index contributed by atoms with van der Waals surface area (Å²) in [6, 6.07) is 8.63. The van der Waals surface area contributed by atoms with Crippen LogP contribution in [0.3, 0.4) is 0 Å². The molecular formula is C19H22FN5O. The molecule has 0 radical (unpaired) electrons. The van der Waals surface area contributed by atoms with E-state index in [1.165, 1.54) is 25.0 Å². The van der Waals surface area contributed by atoms with Crippen molar-refractivity contribution in [3.8, 4) is 0 Å². The third-order valence-electron chi connectivity index (χ3n) is 5.01. The van der Waals surface area contributed by atoms with Crippen LogP contribution in [0.15, 0.2) is 42.9 Å². The lowest BCUT2D eigenvalue weighted by Gasteiger charge is -2.39. The van der Waals surface area contributed by atoms with E-state index in [1.807, 2.05) is 11.0 Å². The molecular weight excluding hydrogens is 333 g/mol. The fourth-order valence-corrected chi connectivity index (χ4v) is 3.54. The van der Waals surface area contributed by atoms with Gasteiger partial charge in [0.25, 0.3) is 0 Å². The van der Waals surface area contributed by atoms with Crippen molar-refractivity contribution in [1.82, 2.24) is 14.9 Å².